The van der Waals surface area contributed by atoms with E-state index in [2.05, 4.69) is 44.6 Å². The third kappa shape index (κ3) is 2.18. The first-order valence-electron chi connectivity index (χ1n) is 6.97. The van der Waals surface area contributed by atoms with Crippen LogP contribution in [-0.4, -0.2) is 45.0 Å². The Bertz CT molecular complexity index is 612. The standard InChI is InChI=1S/C13H20N6O/c1-4-14-12-16-10(9-7-15-19-11(9)17-12)18-13(3)5-6-20-8(13)2/h7-8H,4-6H2,1-3H3,(H3,14,15,16,17,18,19). The van der Waals surface area contributed by atoms with Crippen molar-refractivity contribution in [3.05, 3.63) is 6.20 Å². The lowest BCUT2D eigenvalue weighted by Gasteiger charge is -2.29. The van der Waals surface area contributed by atoms with E-state index in [1.54, 1.807) is 6.20 Å². The molecule has 0 radical (unpaired) electrons. The molecule has 2 unspecified atom stereocenters. The second-order valence-electron chi connectivity index (χ2n) is 5.36. The fourth-order valence-corrected chi connectivity index (χ4v) is 2.44. The molecule has 0 saturated carbocycles. The quantitative estimate of drug-likeness (QED) is 0.788. The maximum Gasteiger partial charge on any atom is 0.226 e. The molecule has 7 nitrogen and oxygen atoms in total. The molecule has 0 aliphatic carbocycles. The SMILES string of the molecule is CCNc1nc(NC2(C)CCOC2C)c2cn[nH]c2n1. The zero-order valence-corrected chi connectivity index (χ0v) is 12.0. The van der Waals surface area contributed by atoms with E-state index in [0.717, 1.165) is 36.4 Å². The summed E-state index contributed by atoms with van der Waals surface area (Å²) in [6.45, 7) is 7.80. The molecule has 2 aromatic rings. The molecular weight excluding hydrogens is 256 g/mol. The normalized spacial score (nSPS) is 26.1. The lowest BCUT2D eigenvalue weighted by atomic mass is 9.94. The Morgan fingerprint density at radius 2 is 2.35 bits per heavy atom. The summed E-state index contributed by atoms with van der Waals surface area (Å²) in [5.74, 6) is 1.39. The van der Waals surface area contributed by atoms with Gasteiger partial charge in [-0.2, -0.15) is 15.1 Å². The molecule has 0 spiro atoms. The van der Waals surface area contributed by atoms with Crippen LogP contribution in [0.25, 0.3) is 11.0 Å². The number of fused-ring (bicyclic) bond motifs is 1. The number of H-pyrrole nitrogens is 1. The molecule has 2 aromatic heterocycles. The maximum absolute atomic E-state index is 5.67. The smallest absolute Gasteiger partial charge is 0.226 e. The predicted molar refractivity (Wildman–Crippen MR) is 77.9 cm³/mol. The third-order valence-electron chi connectivity index (χ3n) is 3.94. The van der Waals surface area contributed by atoms with Crippen molar-refractivity contribution in [1.29, 1.82) is 0 Å². The molecule has 108 valence electrons. The van der Waals surface area contributed by atoms with Gasteiger partial charge in [0.25, 0.3) is 0 Å². The Morgan fingerprint density at radius 3 is 3.05 bits per heavy atom. The van der Waals surface area contributed by atoms with Crippen molar-refractivity contribution < 1.29 is 4.74 Å². The molecule has 1 fully saturated rings. The number of rotatable bonds is 4. The minimum atomic E-state index is -0.123. The highest BCUT2D eigenvalue weighted by atomic mass is 16.5. The van der Waals surface area contributed by atoms with Gasteiger partial charge < -0.3 is 15.4 Å². The largest absolute Gasteiger partial charge is 0.376 e. The first kappa shape index (κ1) is 13.1. The monoisotopic (exact) mass is 276 g/mol. The Morgan fingerprint density at radius 1 is 1.50 bits per heavy atom. The number of hydrogen-bond donors (Lipinski definition) is 3. The van der Waals surface area contributed by atoms with E-state index >= 15 is 0 Å². The van der Waals surface area contributed by atoms with Gasteiger partial charge in [-0.05, 0) is 27.2 Å². The first-order valence-corrected chi connectivity index (χ1v) is 6.97. The highest BCUT2D eigenvalue weighted by molar-refractivity contribution is 5.87. The number of anilines is 2. The van der Waals surface area contributed by atoms with E-state index in [4.69, 9.17) is 4.74 Å². The van der Waals surface area contributed by atoms with Crippen molar-refractivity contribution in [2.24, 2.45) is 0 Å². The van der Waals surface area contributed by atoms with Crippen LogP contribution in [0.1, 0.15) is 27.2 Å². The number of nitrogens with zero attached hydrogens (tertiary/aromatic N) is 3. The Hall–Kier alpha value is -1.89. The van der Waals surface area contributed by atoms with E-state index in [1.807, 2.05) is 6.92 Å². The average molecular weight is 276 g/mol. The van der Waals surface area contributed by atoms with Crippen molar-refractivity contribution in [3.63, 3.8) is 0 Å². The van der Waals surface area contributed by atoms with E-state index < -0.39 is 0 Å². The molecule has 2 atom stereocenters. The van der Waals surface area contributed by atoms with Crippen LogP contribution in [0.3, 0.4) is 0 Å². The predicted octanol–water partition coefficient (Wildman–Crippen LogP) is 1.76. The topological polar surface area (TPSA) is 87.8 Å². The van der Waals surface area contributed by atoms with E-state index in [0.29, 0.717) is 5.95 Å². The second kappa shape index (κ2) is 4.90. The van der Waals surface area contributed by atoms with Gasteiger partial charge in [0.2, 0.25) is 5.95 Å². The summed E-state index contributed by atoms with van der Waals surface area (Å²) in [4.78, 5) is 8.95. The Labute approximate surface area is 117 Å². The van der Waals surface area contributed by atoms with Crippen LogP contribution in [0.5, 0.6) is 0 Å². The van der Waals surface area contributed by atoms with Gasteiger partial charge in [0, 0.05) is 13.2 Å². The minimum absolute atomic E-state index is 0.123. The highest BCUT2D eigenvalue weighted by Crippen LogP contribution is 2.31. The van der Waals surface area contributed by atoms with Gasteiger partial charge in [0.15, 0.2) is 5.65 Å². The second-order valence-corrected chi connectivity index (χ2v) is 5.36. The molecule has 1 aliphatic heterocycles. The van der Waals surface area contributed by atoms with Crippen molar-refractivity contribution in [3.8, 4) is 0 Å². The fraction of sp³-hybridized carbons (Fsp3) is 0.615. The van der Waals surface area contributed by atoms with Crippen LogP contribution in [0.4, 0.5) is 11.8 Å². The number of aromatic amines is 1. The zero-order valence-electron chi connectivity index (χ0n) is 12.0. The number of hydrogen-bond acceptors (Lipinski definition) is 6. The van der Waals surface area contributed by atoms with Gasteiger partial charge in [-0.25, -0.2) is 0 Å². The molecule has 3 N–H and O–H groups in total. The summed E-state index contributed by atoms with van der Waals surface area (Å²) in [5, 5.41) is 14.5. The van der Waals surface area contributed by atoms with Gasteiger partial charge in [-0.3, -0.25) is 5.10 Å². The minimum Gasteiger partial charge on any atom is -0.376 e. The van der Waals surface area contributed by atoms with Crippen molar-refractivity contribution in [1.82, 2.24) is 20.2 Å². The maximum atomic E-state index is 5.67. The number of ether oxygens (including phenoxy) is 1. The van der Waals surface area contributed by atoms with E-state index in [9.17, 15) is 0 Å². The molecule has 20 heavy (non-hydrogen) atoms. The molecule has 3 heterocycles. The Balaban J connectivity index is 1.99. The van der Waals surface area contributed by atoms with Gasteiger partial charge in [0.1, 0.15) is 5.82 Å². The summed E-state index contributed by atoms with van der Waals surface area (Å²) in [5.41, 5.74) is 0.607. The molecule has 3 rings (SSSR count). The van der Waals surface area contributed by atoms with Crippen molar-refractivity contribution in [2.75, 3.05) is 23.8 Å². The van der Waals surface area contributed by atoms with Crippen LogP contribution in [0.15, 0.2) is 6.20 Å². The van der Waals surface area contributed by atoms with Crippen LogP contribution in [-0.2, 0) is 4.74 Å². The first-order chi connectivity index (χ1) is 9.62. The summed E-state index contributed by atoms with van der Waals surface area (Å²) in [7, 11) is 0. The highest BCUT2D eigenvalue weighted by Gasteiger charge is 2.37. The zero-order chi connectivity index (χ0) is 14.2. The van der Waals surface area contributed by atoms with Crippen LogP contribution >= 0.6 is 0 Å². The van der Waals surface area contributed by atoms with Crippen LogP contribution < -0.4 is 10.6 Å². The van der Waals surface area contributed by atoms with Crippen molar-refractivity contribution >= 4 is 22.8 Å². The third-order valence-corrected chi connectivity index (χ3v) is 3.94. The molecule has 0 amide bonds. The summed E-state index contributed by atoms with van der Waals surface area (Å²) in [6, 6.07) is 0. The van der Waals surface area contributed by atoms with Crippen molar-refractivity contribution in [2.45, 2.75) is 38.8 Å². The van der Waals surface area contributed by atoms with Gasteiger partial charge in [-0.1, -0.05) is 0 Å². The summed E-state index contributed by atoms with van der Waals surface area (Å²) >= 11 is 0. The molecule has 7 heteroatoms. The van der Waals surface area contributed by atoms with Crippen LogP contribution in [0.2, 0.25) is 0 Å². The number of nitrogens with one attached hydrogen (secondary N) is 3. The van der Waals surface area contributed by atoms with E-state index in [1.165, 1.54) is 0 Å². The van der Waals surface area contributed by atoms with Gasteiger partial charge in [-0.15, -0.1) is 0 Å². The van der Waals surface area contributed by atoms with Gasteiger partial charge in [0.05, 0.1) is 23.2 Å². The molecule has 0 bridgehead atoms. The van der Waals surface area contributed by atoms with E-state index in [-0.39, 0.29) is 11.6 Å². The summed E-state index contributed by atoms with van der Waals surface area (Å²) in [6.07, 6.45) is 2.84. The average Bonchev–Trinajstić information content (AvgIpc) is 2.98. The van der Waals surface area contributed by atoms with Crippen LogP contribution in [0, 0.1) is 0 Å². The van der Waals surface area contributed by atoms with Gasteiger partial charge >= 0.3 is 0 Å². The molecular formula is C13H20N6O. The number of aromatic nitrogens is 4. The summed E-state index contributed by atoms with van der Waals surface area (Å²) < 4.78 is 5.67. The lowest BCUT2D eigenvalue weighted by Crippen LogP contribution is -2.41. The Kier molecular flexibility index (Phi) is 3.21. The lowest BCUT2D eigenvalue weighted by molar-refractivity contribution is 0.105. The molecule has 0 aromatic carbocycles. The molecule has 1 saturated heterocycles. The molecule has 1 aliphatic rings. The fourth-order valence-electron chi connectivity index (χ4n) is 2.44.